The van der Waals surface area contributed by atoms with Gasteiger partial charge < -0.3 is 15.4 Å². The van der Waals surface area contributed by atoms with Crippen LogP contribution in [0.1, 0.15) is 10.4 Å². The maximum atomic E-state index is 13.4. The summed E-state index contributed by atoms with van der Waals surface area (Å²) in [6.07, 6.45) is 0. The van der Waals surface area contributed by atoms with E-state index in [9.17, 15) is 23.2 Å². The molecule has 2 amide bonds. The van der Waals surface area contributed by atoms with Gasteiger partial charge in [0.2, 0.25) is 0 Å². The van der Waals surface area contributed by atoms with E-state index in [1.54, 1.807) is 0 Å². The van der Waals surface area contributed by atoms with Crippen LogP contribution in [0.25, 0.3) is 0 Å². The van der Waals surface area contributed by atoms with Gasteiger partial charge >= 0.3 is 5.97 Å². The van der Waals surface area contributed by atoms with E-state index in [-0.39, 0.29) is 11.3 Å². The molecular weight excluding hydrogens is 334 g/mol. The highest BCUT2D eigenvalue weighted by atomic mass is 19.1. The van der Waals surface area contributed by atoms with Gasteiger partial charge in [0.15, 0.2) is 6.61 Å². The third-order valence-electron chi connectivity index (χ3n) is 3.01. The molecule has 6 nitrogen and oxygen atoms in total. The molecule has 2 rings (SSSR count). The summed E-state index contributed by atoms with van der Waals surface area (Å²) in [6.45, 7) is -1.09. The van der Waals surface area contributed by atoms with Gasteiger partial charge in [-0.15, -0.1) is 0 Å². The Bertz CT molecular complexity index is 778. The smallest absolute Gasteiger partial charge is 0.325 e. The first-order valence-corrected chi connectivity index (χ1v) is 7.19. The van der Waals surface area contributed by atoms with Gasteiger partial charge in [-0.3, -0.25) is 14.4 Å². The molecule has 0 fully saturated rings. The molecule has 0 aromatic heterocycles. The van der Waals surface area contributed by atoms with E-state index in [4.69, 9.17) is 0 Å². The molecule has 0 bridgehead atoms. The Hall–Kier alpha value is -3.29. The Morgan fingerprint density at radius 2 is 1.64 bits per heavy atom. The summed E-state index contributed by atoms with van der Waals surface area (Å²) < 4.78 is 30.8. The maximum absolute atomic E-state index is 13.4. The Morgan fingerprint density at radius 1 is 0.960 bits per heavy atom. The molecule has 0 radical (unpaired) electrons. The van der Waals surface area contributed by atoms with Crippen molar-refractivity contribution in [2.45, 2.75) is 0 Å². The second kappa shape index (κ2) is 8.53. The summed E-state index contributed by atoms with van der Waals surface area (Å²) in [5.74, 6) is -3.26. The van der Waals surface area contributed by atoms with Crippen LogP contribution >= 0.6 is 0 Å². The molecule has 2 aromatic rings. The predicted molar refractivity (Wildman–Crippen MR) is 84.7 cm³/mol. The number of hydrogen-bond acceptors (Lipinski definition) is 4. The number of carbonyl (C=O) groups is 3. The molecule has 0 atom stereocenters. The molecule has 0 aliphatic rings. The highest BCUT2D eigenvalue weighted by molar-refractivity contribution is 5.96. The monoisotopic (exact) mass is 348 g/mol. The number of anilines is 1. The number of hydrogen-bond donors (Lipinski definition) is 2. The Labute approximate surface area is 141 Å². The molecule has 0 aliphatic carbocycles. The summed E-state index contributed by atoms with van der Waals surface area (Å²) in [5, 5.41) is 4.52. The average molecular weight is 348 g/mol. The zero-order valence-electron chi connectivity index (χ0n) is 12.9. The van der Waals surface area contributed by atoms with E-state index in [1.165, 1.54) is 36.4 Å². The number of halogens is 2. The second-order valence-electron chi connectivity index (χ2n) is 4.88. The van der Waals surface area contributed by atoms with Gasteiger partial charge in [-0.2, -0.15) is 0 Å². The molecule has 0 spiro atoms. The average Bonchev–Trinajstić information content (AvgIpc) is 2.60. The highest BCUT2D eigenvalue weighted by Crippen LogP contribution is 2.11. The van der Waals surface area contributed by atoms with Crippen LogP contribution in [0.2, 0.25) is 0 Å². The fourth-order valence-corrected chi connectivity index (χ4v) is 1.80. The first-order chi connectivity index (χ1) is 12.0. The lowest BCUT2D eigenvalue weighted by Gasteiger charge is -2.08. The number of ether oxygens (including phenoxy) is 1. The fraction of sp³-hybridized carbons (Fsp3) is 0.118. The van der Waals surface area contributed by atoms with Crippen LogP contribution in [0.4, 0.5) is 14.5 Å². The normalized spacial score (nSPS) is 10.0. The van der Waals surface area contributed by atoms with Gasteiger partial charge in [-0.1, -0.05) is 12.1 Å². The first-order valence-electron chi connectivity index (χ1n) is 7.19. The molecule has 2 N–H and O–H groups in total. The Balaban J connectivity index is 1.73. The minimum absolute atomic E-state index is 0.0341. The number of carbonyl (C=O) groups excluding carboxylic acids is 3. The lowest BCUT2D eigenvalue weighted by molar-refractivity contribution is -0.146. The molecule has 25 heavy (non-hydrogen) atoms. The Kier molecular flexibility index (Phi) is 6.16. The largest absolute Gasteiger partial charge is 0.454 e. The minimum Gasteiger partial charge on any atom is -0.454 e. The number of amides is 2. The van der Waals surface area contributed by atoms with Crippen LogP contribution in [0.3, 0.4) is 0 Å². The Morgan fingerprint density at radius 3 is 2.32 bits per heavy atom. The van der Waals surface area contributed by atoms with E-state index < -0.39 is 42.6 Å². The number of para-hydroxylation sites is 1. The molecule has 0 saturated heterocycles. The van der Waals surface area contributed by atoms with E-state index in [0.29, 0.717) is 0 Å². The van der Waals surface area contributed by atoms with Crippen molar-refractivity contribution in [2.75, 3.05) is 18.5 Å². The molecule has 130 valence electrons. The first kappa shape index (κ1) is 18.1. The van der Waals surface area contributed by atoms with Gasteiger partial charge in [0.05, 0.1) is 5.69 Å². The number of esters is 1. The standard InChI is InChI=1S/C17H14F2N2O4/c18-12-7-5-11(6-8-12)17(24)20-9-16(23)25-10-15(22)21-14-4-2-1-3-13(14)19/h1-8H,9-10H2,(H,20,24)(H,21,22). The second-order valence-corrected chi connectivity index (χ2v) is 4.88. The zero-order chi connectivity index (χ0) is 18.2. The minimum atomic E-state index is -0.848. The molecule has 0 heterocycles. The lowest BCUT2D eigenvalue weighted by atomic mass is 10.2. The fourth-order valence-electron chi connectivity index (χ4n) is 1.80. The predicted octanol–water partition coefficient (Wildman–Crippen LogP) is 1.88. The van der Waals surface area contributed by atoms with Crippen molar-refractivity contribution in [3.8, 4) is 0 Å². The summed E-state index contributed by atoms with van der Waals surface area (Å²) in [6, 6.07) is 10.3. The van der Waals surface area contributed by atoms with E-state index in [0.717, 1.165) is 12.1 Å². The van der Waals surface area contributed by atoms with Crippen molar-refractivity contribution < 1.29 is 27.9 Å². The molecular formula is C17H14F2N2O4. The summed E-state index contributed by atoms with van der Waals surface area (Å²) >= 11 is 0. The summed E-state index contributed by atoms with van der Waals surface area (Å²) in [4.78, 5) is 34.8. The number of nitrogens with one attached hydrogen (secondary N) is 2. The van der Waals surface area contributed by atoms with E-state index in [2.05, 4.69) is 15.4 Å². The van der Waals surface area contributed by atoms with Crippen molar-refractivity contribution >= 4 is 23.5 Å². The number of rotatable bonds is 6. The van der Waals surface area contributed by atoms with Crippen LogP contribution in [0.5, 0.6) is 0 Å². The van der Waals surface area contributed by atoms with Crippen LogP contribution in [-0.4, -0.2) is 30.9 Å². The molecule has 8 heteroatoms. The van der Waals surface area contributed by atoms with Crippen molar-refractivity contribution in [1.29, 1.82) is 0 Å². The maximum Gasteiger partial charge on any atom is 0.325 e. The zero-order valence-corrected chi connectivity index (χ0v) is 12.9. The van der Waals surface area contributed by atoms with Gasteiger partial charge in [0, 0.05) is 5.56 Å². The third kappa shape index (κ3) is 5.69. The molecule has 0 saturated carbocycles. The third-order valence-corrected chi connectivity index (χ3v) is 3.01. The molecule has 0 unspecified atom stereocenters. The van der Waals surface area contributed by atoms with Gasteiger partial charge in [-0.25, -0.2) is 8.78 Å². The van der Waals surface area contributed by atoms with Crippen LogP contribution in [-0.2, 0) is 14.3 Å². The van der Waals surface area contributed by atoms with Crippen LogP contribution in [0, 0.1) is 11.6 Å². The summed E-state index contributed by atoms with van der Waals surface area (Å²) in [5.41, 5.74) is 0.139. The lowest BCUT2D eigenvalue weighted by Crippen LogP contribution is -2.32. The van der Waals surface area contributed by atoms with E-state index in [1.807, 2.05) is 0 Å². The van der Waals surface area contributed by atoms with Crippen molar-refractivity contribution in [3.63, 3.8) is 0 Å². The van der Waals surface area contributed by atoms with Gasteiger partial charge in [0.1, 0.15) is 18.2 Å². The quantitative estimate of drug-likeness (QED) is 0.781. The van der Waals surface area contributed by atoms with Crippen molar-refractivity contribution in [1.82, 2.24) is 5.32 Å². The van der Waals surface area contributed by atoms with Crippen molar-refractivity contribution in [3.05, 3.63) is 65.7 Å². The van der Waals surface area contributed by atoms with Gasteiger partial charge in [-0.05, 0) is 36.4 Å². The summed E-state index contributed by atoms with van der Waals surface area (Å²) in [7, 11) is 0. The molecule has 0 aliphatic heterocycles. The SMILES string of the molecule is O=C(COC(=O)CNC(=O)c1ccc(F)cc1)Nc1ccccc1F. The van der Waals surface area contributed by atoms with Crippen molar-refractivity contribution in [2.24, 2.45) is 0 Å². The van der Waals surface area contributed by atoms with Crippen LogP contribution < -0.4 is 10.6 Å². The number of benzene rings is 2. The highest BCUT2D eigenvalue weighted by Gasteiger charge is 2.12. The van der Waals surface area contributed by atoms with Gasteiger partial charge in [0.25, 0.3) is 11.8 Å². The molecule has 2 aromatic carbocycles. The van der Waals surface area contributed by atoms with E-state index >= 15 is 0 Å². The topological polar surface area (TPSA) is 84.5 Å². The van der Waals surface area contributed by atoms with Crippen LogP contribution in [0.15, 0.2) is 48.5 Å².